The van der Waals surface area contributed by atoms with Gasteiger partial charge in [-0.05, 0) is 5.92 Å². The van der Waals surface area contributed by atoms with Crippen molar-refractivity contribution >= 4 is 5.97 Å². The molecular formula is C11H16NO2+. The normalized spacial score (nSPS) is 10.3. The number of rotatable bonds is 3. The van der Waals surface area contributed by atoms with E-state index in [0.717, 1.165) is 0 Å². The fourth-order valence-corrected chi connectivity index (χ4v) is 0.963. The van der Waals surface area contributed by atoms with Crippen molar-refractivity contribution in [1.82, 2.24) is 0 Å². The molecule has 0 radical (unpaired) electrons. The molecular weight excluding hydrogens is 178 g/mol. The highest BCUT2D eigenvalue weighted by Gasteiger charge is 2.08. The molecule has 0 atom stereocenters. The summed E-state index contributed by atoms with van der Waals surface area (Å²) in [6.45, 7) is 4.50. The van der Waals surface area contributed by atoms with E-state index in [0.29, 0.717) is 18.1 Å². The van der Waals surface area contributed by atoms with Gasteiger partial charge in [0.2, 0.25) is 0 Å². The molecule has 1 aromatic rings. The van der Waals surface area contributed by atoms with Crippen LogP contribution in [0.4, 0.5) is 0 Å². The van der Waals surface area contributed by atoms with Crippen LogP contribution in [-0.2, 0) is 11.8 Å². The first-order valence-corrected chi connectivity index (χ1v) is 4.72. The second kappa shape index (κ2) is 4.74. The van der Waals surface area contributed by atoms with Crippen LogP contribution in [0.3, 0.4) is 0 Å². The molecule has 0 N–H and O–H groups in total. The van der Waals surface area contributed by atoms with Gasteiger partial charge in [-0.25, -0.2) is 9.36 Å². The molecule has 1 heterocycles. The molecule has 3 heteroatoms. The molecule has 0 saturated heterocycles. The zero-order valence-electron chi connectivity index (χ0n) is 8.86. The van der Waals surface area contributed by atoms with E-state index in [1.165, 1.54) is 0 Å². The van der Waals surface area contributed by atoms with Crippen LogP contribution < -0.4 is 4.57 Å². The maximum Gasteiger partial charge on any atom is 0.338 e. The van der Waals surface area contributed by atoms with Crippen molar-refractivity contribution < 1.29 is 14.1 Å². The summed E-state index contributed by atoms with van der Waals surface area (Å²) < 4.78 is 6.96. The molecule has 1 aromatic heterocycles. The third-order valence-corrected chi connectivity index (χ3v) is 1.76. The molecule has 0 aliphatic carbocycles. The first-order chi connectivity index (χ1) is 6.59. The predicted molar refractivity (Wildman–Crippen MR) is 52.7 cm³/mol. The van der Waals surface area contributed by atoms with Crippen LogP contribution in [0.2, 0.25) is 0 Å². The van der Waals surface area contributed by atoms with Crippen molar-refractivity contribution in [3.63, 3.8) is 0 Å². The standard InChI is InChI=1S/C11H16NO2/c1-9(2)8-14-11(13)10-4-6-12(3)7-5-10/h4-7,9H,8H2,1-3H3/q+1. The summed E-state index contributed by atoms with van der Waals surface area (Å²) in [5.41, 5.74) is 0.601. The molecule has 0 unspecified atom stereocenters. The summed E-state index contributed by atoms with van der Waals surface area (Å²) in [7, 11) is 1.91. The van der Waals surface area contributed by atoms with E-state index in [1.807, 2.05) is 37.9 Å². The highest BCUT2D eigenvalue weighted by Crippen LogP contribution is 2.01. The van der Waals surface area contributed by atoms with Gasteiger partial charge >= 0.3 is 5.97 Å². The fraction of sp³-hybridized carbons (Fsp3) is 0.455. The van der Waals surface area contributed by atoms with E-state index in [4.69, 9.17) is 4.74 Å². The average molecular weight is 194 g/mol. The number of carbonyl (C=O) groups is 1. The Bertz CT molecular complexity index is 304. The molecule has 0 saturated carbocycles. The van der Waals surface area contributed by atoms with E-state index >= 15 is 0 Å². The molecule has 0 bridgehead atoms. The Morgan fingerprint density at radius 2 is 2.00 bits per heavy atom. The van der Waals surface area contributed by atoms with Gasteiger partial charge in [0.15, 0.2) is 12.4 Å². The molecule has 0 spiro atoms. The summed E-state index contributed by atoms with van der Waals surface area (Å²) in [5, 5.41) is 0. The minimum absolute atomic E-state index is 0.251. The lowest BCUT2D eigenvalue weighted by molar-refractivity contribution is -0.671. The Balaban J connectivity index is 2.57. The average Bonchev–Trinajstić information content (AvgIpc) is 2.15. The molecule has 0 amide bonds. The quantitative estimate of drug-likeness (QED) is 0.536. The van der Waals surface area contributed by atoms with Crippen molar-refractivity contribution in [2.75, 3.05) is 6.61 Å². The van der Waals surface area contributed by atoms with Crippen LogP contribution in [0.25, 0.3) is 0 Å². The highest BCUT2D eigenvalue weighted by molar-refractivity contribution is 5.88. The van der Waals surface area contributed by atoms with E-state index in [1.54, 1.807) is 12.1 Å². The van der Waals surface area contributed by atoms with Crippen LogP contribution in [-0.4, -0.2) is 12.6 Å². The van der Waals surface area contributed by atoms with Crippen molar-refractivity contribution in [2.45, 2.75) is 13.8 Å². The largest absolute Gasteiger partial charge is 0.462 e. The van der Waals surface area contributed by atoms with Gasteiger partial charge in [0.1, 0.15) is 7.05 Å². The van der Waals surface area contributed by atoms with E-state index in [2.05, 4.69) is 0 Å². The molecule has 0 aliphatic rings. The van der Waals surface area contributed by atoms with Crippen LogP contribution in [0.1, 0.15) is 24.2 Å². The SMILES string of the molecule is CC(C)COC(=O)c1cc[n+](C)cc1. The van der Waals surface area contributed by atoms with Crippen molar-refractivity contribution in [3.8, 4) is 0 Å². The number of ether oxygens (including phenoxy) is 1. The Morgan fingerprint density at radius 1 is 1.43 bits per heavy atom. The topological polar surface area (TPSA) is 30.2 Å². The number of nitrogens with zero attached hydrogens (tertiary/aromatic N) is 1. The maximum absolute atomic E-state index is 11.4. The minimum Gasteiger partial charge on any atom is -0.462 e. The molecule has 3 nitrogen and oxygen atoms in total. The van der Waals surface area contributed by atoms with E-state index < -0.39 is 0 Å². The van der Waals surface area contributed by atoms with Gasteiger partial charge < -0.3 is 4.74 Å². The lowest BCUT2D eigenvalue weighted by atomic mass is 10.2. The molecule has 76 valence electrons. The van der Waals surface area contributed by atoms with Crippen molar-refractivity contribution in [1.29, 1.82) is 0 Å². The number of esters is 1. The Labute approximate surface area is 84.3 Å². The summed E-state index contributed by atoms with van der Waals surface area (Å²) in [6, 6.07) is 3.51. The van der Waals surface area contributed by atoms with Crippen LogP contribution in [0.5, 0.6) is 0 Å². The number of aryl methyl sites for hydroxylation is 1. The van der Waals surface area contributed by atoms with Crippen molar-refractivity contribution in [3.05, 3.63) is 30.1 Å². The molecule has 1 rings (SSSR count). The van der Waals surface area contributed by atoms with E-state index in [9.17, 15) is 4.79 Å². The van der Waals surface area contributed by atoms with Gasteiger partial charge in [0, 0.05) is 12.1 Å². The van der Waals surface area contributed by atoms with Crippen LogP contribution in [0, 0.1) is 5.92 Å². The molecule has 14 heavy (non-hydrogen) atoms. The first kappa shape index (κ1) is 10.7. The minimum atomic E-state index is -0.251. The van der Waals surface area contributed by atoms with Crippen LogP contribution >= 0.6 is 0 Å². The lowest BCUT2D eigenvalue weighted by Crippen LogP contribution is -2.26. The fourth-order valence-electron chi connectivity index (χ4n) is 0.963. The van der Waals surface area contributed by atoms with Crippen molar-refractivity contribution in [2.24, 2.45) is 13.0 Å². The number of carbonyl (C=O) groups excluding carboxylic acids is 1. The highest BCUT2D eigenvalue weighted by atomic mass is 16.5. The van der Waals surface area contributed by atoms with Gasteiger partial charge in [-0.1, -0.05) is 13.8 Å². The number of pyridine rings is 1. The third-order valence-electron chi connectivity index (χ3n) is 1.76. The van der Waals surface area contributed by atoms with Crippen LogP contribution in [0.15, 0.2) is 24.5 Å². The smallest absolute Gasteiger partial charge is 0.338 e. The van der Waals surface area contributed by atoms with Gasteiger partial charge in [-0.3, -0.25) is 0 Å². The second-order valence-electron chi connectivity index (χ2n) is 3.74. The third kappa shape index (κ3) is 3.17. The number of hydrogen-bond donors (Lipinski definition) is 0. The maximum atomic E-state index is 11.4. The van der Waals surface area contributed by atoms with E-state index in [-0.39, 0.29) is 5.97 Å². The zero-order chi connectivity index (χ0) is 10.6. The first-order valence-electron chi connectivity index (χ1n) is 4.72. The summed E-state index contributed by atoms with van der Waals surface area (Å²) >= 11 is 0. The summed E-state index contributed by atoms with van der Waals surface area (Å²) in [5.74, 6) is 0.123. The second-order valence-corrected chi connectivity index (χ2v) is 3.74. The molecule has 0 fully saturated rings. The van der Waals surface area contributed by atoms with Gasteiger partial charge in [0.25, 0.3) is 0 Å². The Hall–Kier alpha value is -1.38. The summed E-state index contributed by atoms with van der Waals surface area (Å²) in [6.07, 6.45) is 3.65. The van der Waals surface area contributed by atoms with Gasteiger partial charge in [-0.2, -0.15) is 0 Å². The monoisotopic (exact) mass is 194 g/mol. The molecule has 0 aromatic carbocycles. The number of aromatic nitrogens is 1. The lowest BCUT2D eigenvalue weighted by Gasteiger charge is -2.05. The predicted octanol–water partition coefficient (Wildman–Crippen LogP) is 1.32. The van der Waals surface area contributed by atoms with Gasteiger partial charge in [-0.15, -0.1) is 0 Å². The zero-order valence-corrected chi connectivity index (χ0v) is 8.86. The molecule has 0 aliphatic heterocycles. The Morgan fingerprint density at radius 3 is 2.50 bits per heavy atom. The summed E-state index contributed by atoms with van der Waals surface area (Å²) in [4.78, 5) is 11.4. The number of hydrogen-bond acceptors (Lipinski definition) is 2. The van der Waals surface area contributed by atoms with Gasteiger partial charge in [0.05, 0.1) is 12.2 Å². The Kier molecular flexibility index (Phi) is 3.63.